The molecular weight excluding hydrogens is 316 g/mol. The number of rotatable bonds is 3. The van der Waals surface area contributed by atoms with E-state index in [4.69, 9.17) is 0 Å². The Morgan fingerprint density at radius 3 is 2.88 bits per heavy atom. The van der Waals surface area contributed by atoms with Gasteiger partial charge in [-0.05, 0) is 35.9 Å². The second-order valence-corrected chi connectivity index (χ2v) is 6.87. The molecule has 2 aromatic carbocycles. The zero-order valence-corrected chi connectivity index (χ0v) is 14.1. The van der Waals surface area contributed by atoms with E-state index in [1.54, 1.807) is 0 Å². The molecule has 1 aromatic heterocycles. The third kappa shape index (κ3) is 2.89. The van der Waals surface area contributed by atoms with Gasteiger partial charge in [-0.2, -0.15) is 0 Å². The number of anilines is 1. The van der Waals surface area contributed by atoms with E-state index in [-0.39, 0.29) is 5.91 Å². The van der Waals surface area contributed by atoms with Crippen molar-refractivity contribution >= 4 is 34.1 Å². The molecule has 0 bridgehead atoms. The van der Waals surface area contributed by atoms with E-state index in [9.17, 15) is 4.79 Å². The number of fused-ring (bicyclic) bond motifs is 2. The van der Waals surface area contributed by atoms with E-state index in [1.165, 1.54) is 17.3 Å². The van der Waals surface area contributed by atoms with Crippen LogP contribution in [-0.4, -0.2) is 23.2 Å². The van der Waals surface area contributed by atoms with E-state index < -0.39 is 0 Å². The van der Waals surface area contributed by atoms with Gasteiger partial charge in [-0.15, -0.1) is 0 Å². The molecular formula is C20H18N2OS. The third-order valence-corrected chi connectivity index (χ3v) is 5.37. The molecule has 1 aliphatic heterocycles. The van der Waals surface area contributed by atoms with E-state index in [2.05, 4.69) is 23.2 Å². The summed E-state index contributed by atoms with van der Waals surface area (Å²) in [6.45, 7) is 0.805. The number of pyridine rings is 1. The molecule has 4 heteroatoms. The lowest BCUT2D eigenvalue weighted by atomic mass is 10.0. The molecule has 0 saturated carbocycles. The van der Waals surface area contributed by atoms with Gasteiger partial charge in [0.15, 0.2) is 0 Å². The minimum absolute atomic E-state index is 0.155. The van der Waals surface area contributed by atoms with Crippen molar-refractivity contribution in [2.45, 2.75) is 17.9 Å². The first-order valence-corrected chi connectivity index (χ1v) is 9.16. The summed E-state index contributed by atoms with van der Waals surface area (Å²) in [5.41, 5.74) is 2.34. The van der Waals surface area contributed by atoms with Crippen molar-refractivity contribution in [1.82, 2.24) is 4.98 Å². The van der Waals surface area contributed by atoms with E-state index in [1.807, 2.05) is 47.5 Å². The number of aryl methyl sites for hydroxylation is 1. The van der Waals surface area contributed by atoms with E-state index >= 15 is 0 Å². The number of carbonyl (C=O) groups excluding carboxylic acids is 1. The molecule has 0 radical (unpaired) electrons. The van der Waals surface area contributed by atoms with Crippen molar-refractivity contribution in [1.29, 1.82) is 0 Å². The maximum atomic E-state index is 12.7. The van der Waals surface area contributed by atoms with Crippen LogP contribution in [0.4, 0.5) is 5.69 Å². The first-order valence-electron chi connectivity index (χ1n) is 8.18. The van der Waals surface area contributed by atoms with Crippen LogP contribution < -0.4 is 4.90 Å². The molecule has 0 saturated heterocycles. The maximum Gasteiger partial charge on any atom is 0.237 e. The Labute approximate surface area is 145 Å². The molecule has 24 heavy (non-hydrogen) atoms. The molecule has 0 fully saturated rings. The number of hydrogen-bond donors (Lipinski definition) is 0. The largest absolute Gasteiger partial charge is 0.311 e. The minimum atomic E-state index is 0.155. The van der Waals surface area contributed by atoms with Gasteiger partial charge in [0.25, 0.3) is 0 Å². The standard InChI is InChI=1S/C20H18N2OS/c23-19(22-13-5-8-16-7-2-4-10-18(16)22)14-24-20-17-9-3-1-6-15(17)11-12-21-20/h1-4,6-7,9-12H,5,8,13-14H2. The lowest BCUT2D eigenvalue weighted by molar-refractivity contribution is -0.116. The number of hydrogen-bond acceptors (Lipinski definition) is 3. The predicted octanol–water partition coefficient (Wildman–Crippen LogP) is 4.31. The summed E-state index contributed by atoms with van der Waals surface area (Å²) in [5, 5.41) is 3.19. The number of aromatic nitrogens is 1. The Morgan fingerprint density at radius 1 is 1.08 bits per heavy atom. The van der Waals surface area contributed by atoms with Gasteiger partial charge in [-0.3, -0.25) is 4.79 Å². The molecule has 0 N–H and O–H groups in total. The normalized spacial score (nSPS) is 13.8. The van der Waals surface area contributed by atoms with Crippen molar-refractivity contribution < 1.29 is 4.79 Å². The molecule has 2 heterocycles. The molecule has 0 aliphatic carbocycles. The topological polar surface area (TPSA) is 33.2 Å². The number of amides is 1. The fourth-order valence-corrected chi connectivity index (χ4v) is 4.10. The molecule has 0 atom stereocenters. The Morgan fingerprint density at radius 2 is 1.92 bits per heavy atom. The Bertz CT molecular complexity index is 888. The second-order valence-electron chi connectivity index (χ2n) is 5.90. The van der Waals surface area contributed by atoms with Gasteiger partial charge < -0.3 is 4.90 Å². The van der Waals surface area contributed by atoms with Gasteiger partial charge in [0.1, 0.15) is 5.03 Å². The van der Waals surface area contributed by atoms with Gasteiger partial charge in [0.2, 0.25) is 5.91 Å². The molecule has 120 valence electrons. The van der Waals surface area contributed by atoms with Gasteiger partial charge in [-0.25, -0.2) is 4.98 Å². The summed E-state index contributed by atoms with van der Waals surface area (Å²) < 4.78 is 0. The fraction of sp³-hybridized carbons (Fsp3) is 0.200. The summed E-state index contributed by atoms with van der Waals surface area (Å²) in [5.74, 6) is 0.567. The van der Waals surface area contributed by atoms with E-state index in [0.717, 1.165) is 40.9 Å². The second kappa shape index (κ2) is 6.65. The zero-order chi connectivity index (χ0) is 16.4. The number of benzene rings is 2. The van der Waals surface area contributed by atoms with E-state index in [0.29, 0.717) is 5.75 Å². The molecule has 0 spiro atoms. The first kappa shape index (κ1) is 15.2. The van der Waals surface area contributed by atoms with Crippen molar-refractivity contribution in [2.75, 3.05) is 17.2 Å². The van der Waals surface area contributed by atoms with Crippen molar-refractivity contribution in [3.63, 3.8) is 0 Å². The average Bonchev–Trinajstić information content (AvgIpc) is 2.65. The van der Waals surface area contributed by atoms with Crippen molar-refractivity contribution in [2.24, 2.45) is 0 Å². The Balaban J connectivity index is 1.53. The predicted molar refractivity (Wildman–Crippen MR) is 99.6 cm³/mol. The smallest absolute Gasteiger partial charge is 0.237 e. The minimum Gasteiger partial charge on any atom is -0.311 e. The summed E-state index contributed by atoms with van der Waals surface area (Å²) in [4.78, 5) is 19.1. The van der Waals surface area contributed by atoms with Crippen LogP contribution in [0.3, 0.4) is 0 Å². The zero-order valence-electron chi connectivity index (χ0n) is 13.3. The molecule has 1 amide bonds. The number of nitrogens with zero attached hydrogens (tertiary/aromatic N) is 2. The van der Waals surface area contributed by atoms with Crippen LogP contribution >= 0.6 is 11.8 Å². The van der Waals surface area contributed by atoms with Crippen molar-refractivity contribution in [3.8, 4) is 0 Å². The Hall–Kier alpha value is -2.33. The lowest BCUT2D eigenvalue weighted by Gasteiger charge is -2.29. The van der Waals surface area contributed by atoms with Gasteiger partial charge in [0.05, 0.1) is 5.75 Å². The number of para-hydroxylation sites is 1. The Kier molecular flexibility index (Phi) is 4.22. The lowest BCUT2D eigenvalue weighted by Crippen LogP contribution is -2.36. The highest BCUT2D eigenvalue weighted by atomic mass is 32.2. The van der Waals surface area contributed by atoms with Gasteiger partial charge in [-0.1, -0.05) is 54.2 Å². The van der Waals surface area contributed by atoms with Crippen LogP contribution in [0.25, 0.3) is 10.8 Å². The van der Waals surface area contributed by atoms with Crippen LogP contribution in [-0.2, 0) is 11.2 Å². The number of carbonyl (C=O) groups is 1. The van der Waals surface area contributed by atoms with Gasteiger partial charge >= 0.3 is 0 Å². The maximum absolute atomic E-state index is 12.7. The van der Waals surface area contributed by atoms with Crippen LogP contribution in [0.5, 0.6) is 0 Å². The molecule has 3 nitrogen and oxygen atoms in total. The summed E-state index contributed by atoms with van der Waals surface area (Å²) in [6.07, 6.45) is 3.89. The summed E-state index contributed by atoms with van der Waals surface area (Å²) >= 11 is 1.52. The van der Waals surface area contributed by atoms with Crippen LogP contribution in [0.1, 0.15) is 12.0 Å². The van der Waals surface area contributed by atoms with Crippen LogP contribution in [0.15, 0.2) is 65.8 Å². The monoisotopic (exact) mass is 334 g/mol. The molecule has 0 unspecified atom stereocenters. The van der Waals surface area contributed by atoms with Crippen LogP contribution in [0, 0.1) is 0 Å². The highest BCUT2D eigenvalue weighted by molar-refractivity contribution is 8.00. The highest BCUT2D eigenvalue weighted by Crippen LogP contribution is 2.29. The quantitative estimate of drug-likeness (QED) is 0.669. The molecule has 4 rings (SSSR count). The molecule has 3 aromatic rings. The summed E-state index contributed by atoms with van der Waals surface area (Å²) in [7, 11) is 0. The third-order valence-electron chi connectivity index (χ3n) is 4.38. The SMILES string of the molecule is O=C(CSc1nccc2ccccc12)N1CCCc2ccccc21. The van der Waals surface area contributed by atoms with Crippen LogP contribution in [0.2, 0.25) is 0 Å². The average molecular weight is 334 g/mol. The fourth-order valence-electron chi connectivity index (χ4n) is 3.21. The van der Waals surface area contributed by atoms with Crippen molar-refractivity contribution in [3.05, 3.63) is 66.4 Å². The summed E-state index contributed by atoms with van der Waals surface area (Å²) in [6, 6.07) is 18.4. The first-order chi connectivity index (χ1) is 11.8. The number of thioether (sulfide) groups is 1. The highest BCUT2D eigenvalue weighted by Gasteiger charge is 2.22. The molecule has 1 aliphatic rings. The van der Waals surface area contributed by atoms with Gasteiger partial charge in [0, 0.05) is 23.8 Å².